The summed E-state index contributed by atoms with van der Waals surface area (Å²) in [7, 11) is 1.30. The molecule has 0 bridgehead atoms. The normalized spacial score (nSPS) is 22.4. The van der Waals surface area contributed by atoms with Gasteiger partial charge in [0.2, 0.25) is 5.75 Å². The fourth-order valence-corrected chi connectivity index (χ4v) is 2.20. The molecule has 1 aromatic carbocycles. The molecule has 2 atom stereocenters. The molecule has 1 aliphatic rings. The molecule has 1 heterocycles. The first-order valence-corrected chi connectivity index (χ1v) is 6.42. The Hall–Kier alpha value is -1.89. The van der Waals surface area contributed by atoms with Crippen LogP contribution in [0.5, 0.6) is 11.5 Å². The van der Waals surface area contributed by atoms with Crippen LogP contribution in [0.15, 0.2) is 12.1 Å². The molecule has 1 aromatic rings. The minimum absolute atomic E-state index is 0.0359. The van der Waals surface area contributed by atoms with Gasteiger partial charge in [0.1, 0.15) is 6.10 Å². The predicted octanol–water partition coefficient (Wildman–Crippen LogP) is 2.12. The Morgan fingerprint density at radius 1 is 1.45 bits per heavy atom. The zero-order valence-electron chi connectivity index (χ0n) is 11.4. The number of nitrogens with one attached hydrogen (secondary N) is 1. The molecule has 1 aliphatic heterocycles. The number of ether oxygens (including phenoxy) is 2. The number of hydrogen-bond donors (Lipinski definition) is 1. The number of rotatable bonds is 4. The van der Waals surface area contributed by atoms with Crippen LogP contribution in [0.4, 0.5) is 10.1 Å². The van der Waals surface area contributed by atoms with Crippen LogP contribution >= 0.6 is 0 Å². The third-order valence-corrected chi connectivity index (χ3v) is 3.47. The summed E-state index contributed by atoms with van der Waals surface area (Å²) in [5, 5.41) is 14.2. The van der Waals surface area contributed by atoms with Crippen molar-refractivity contribution in [3.63, 3.8) is 0 Å². The quantitative estimate of drug-likeness (QED) is 0.677. The largest absolute Gasteiger partial charge is 0.494 e. The van der Waals surface area contributed by atoms with Gasteiger partial charge in [0.15, 0.2) is 11.6 Å². The lowest BCUT2D eigenvalue weighted by Crippen LogP contribution is -2.42. The van der Waals surface area contributed by atoms with E-state index >= 15 is 0 Å². The maximum Gasteiger partial charge on any atom is 0.314 e. The summed E-state index contributed by atoms with van der Waals surface area (Å²) in [4.78, 5) is 10.3. The van der Waals surface area contributed by atoms with Crippen LogP contribution in [0.25, 0.3) is 0 Å². The molecule has 110 valence electrons. The molecule has 1 N–H and O–H groups in total. The highest BCUT2D eigenvalue weighted by Crippen LogP contribution is 2.35. The minimum atomic E-state index is -0.777. The van der Waals surface area contributed by atoms with Gasteiger partial charge in [0.25, 0.3) is 0 Å². The first-order chi connectivity index (χ1) is 9.52. The maximum atomic E-state index is 13.5. The van der Waals surface area contributed by atoms with E-state index in [4.69, 9.17) is 9.47 Å². The van der Waals surface area contributed by atoms with Crippen LogP contribution in [0.2, 0.25) is 0 Å². The molecular weight excluding hydrogens is 267 g/mol. The van der Waals surface area contributed by atoms with Crippen LogP contribution in [0.1, 0.15) is 13.3 Å². The summed E-state index contributed by atoms with van der Waals surface area (Å²) in [6, 6.07) is 2.06. The summed E-state index contributed by atoms with van der Waals surface area (Å²) in [6.07, 6.45) is 0.745. The Balaban J connectivity index is 2.30. The van der Waals surface area contributed by atoms with E-state index in [1.807, 2.05) is 6.92 Å². The molecule has 0 aliphatic carbocycles. The Morgan fingerprint density at radius 2 is 2.20 bits per heavy atom. The van der Waals surface area contributed by atoms with E-state index in [2.05, 4.69) is 5.32 Å². The van der Waals surface area contributed by atoms with Crippen molar-refractivity contribution in [1.29, 1.82) is 0 Å². The maximum absolute atomic E-state index is 13.5. The predicted molar refractivity (Wildman–Crippen MR) is 70.7 cm³/mol. The van der Waals surface area contributed by atoms with Gasteiger partial charge in [-0.15, -0.1) is 0 Å². The van der Waals surface area contributed by atoms with Crippen molar-refractivity contribution in [2.45, 2.75) is 19.4 Å². The Kier molecular flexibility index (Phi) is 4.39. The van der Waals surface area contributed by atoms with Crippen molar-refractivity contribution in [2.24, 2.45) is 5.92 Å². The van der Waals surface area contributed by atoms with Crippen molar-refractivity contribution < 1.29 is 18.8 Å². The number of halogens is 1. The van der Waals surface area contributed by atoms with Gasteiger partial charge in [-0.1, -0.05) is 6.92 Å². The Labute approximate surface area is 116 Å². The molecule has 2 rings (SSSR count). The second-order valence-corrected chi connectivity index (χ2v) is 4.84. The fourth-order valence-electron chi connectivity index (χ4n) is 2.20. The van der Waals surface area contributed by atoms with Gasteiger partial charge in [-0.3, -0.25) is 10.1 Å². The molecule has 1 fully saturated rings. The lowest BCUT2D eigenvalue weighted by atomic mass is 9.97. The average Bonchev–Trinajstić information content (AvgIpc) is 2.42. The van der Waals surface area contributed by atoms with E-state index in [0.29, 0.717) is 6.54 Å². The van der Waals surface area contributed by atoms with Crippen molar-refractivity contribution in [3.05, 3.63) is 28.1 Å². The SMILES string of the molecule is COc1cc(OC2CNCCC2C)c([N+](=O)[O-])cc1F. The smallest absolute Gasteiger partial charge is 0.314 e. The van der Waals surface area contributed by atoms with Crippen LogP contribution in [0.3, 0.4) is 0 Å². The van der Waals surface area contributed by atoms with Crippen LogP contribution in [-0.4, -0.2) is 31.2 Å². The molecule has 0 spiro atoms. The molecule has 0 radical (unpaired) electrons. The van der Waals surface area contributed by atoms with Crippen molar-refractivity contribution in [2.75, 3.05) is 20.2 Å². The molecule has 6 nitrogen and oxygen atoms in total. The molecule has 20 heavy (non-hydrogen) atoms. The van der Waals surface area contributed by atoms with Crippen LogP contribution in [-0.2, 0) is 0 Å². The van der Waals surface area contributed by atoms with Gasteiger partial charge in [-0.05, 0) is 18.9 Å². The Bertz CT molecular complexity index is 509. The van der Waals surface area contributed by atoms with Crippen molar-refractivity contribution >= 4 is 5.69 Å². The molecule has 0 aromatic heterocycles. The summed E-state index contributed by atoms with van der Waals surface area (Å²) in [5.74, 6) is -0.538. The molecule has 1 saturated heterocycles. The summed E-state index contributed by atoms with van der Waals surface area (Å²) >= 11 is 0. The lowest BCUT2D eigenvalue weighted by molar-refractivity contribution is -0.386. The van der Waals surface area contributed by atoms with Gasteiger partial charge >= 0.3 is 5.69 Å². The first-order valence-electron chi connectivity index (χ1n) is 6.42. The number of benzene rings is 1. The molecule has 7 heteroatoms. The zero-order chi connectivity index (χ0) is 14.7. The number of piperidine rings is 1. The molecule has 0 saturated carbocycles. The monoisotopic (exact) mass is 284 g/mol. The topological polar surface area (TPSA) is 73.6 Å². The summed E-state index contributed by atoms with van der Waals surface area (Å²) in [6.45, 7) is 3.53. The zero-order valence-corrected chi connectivity index (χ0v) is 11.4. The van der Waals surface area contributed by atoms with Gasteiger partial charge < -0.3 is 14.8 Å². The lowest BCUT2D eigenvalue weighted by Gasteiger charge is -2.29. The molecular formula is C13H17FN2O4. The highest BCUT2D eigenvalue weighted by Gasteiger charge is 2.27. The van der Waals surface area contributed by atoms with Gasteiger partial charge in [-0.25, -0.2) is 4.39 Å². The van der Waals surface area contributed by atoms with Gasteiger partial charge in [0, 0.05) is 12.6 Å². The summed E-state index contributed by atoms with van der Waals surface area (Å²) in [5.41, 5.74) is -0.388. The summed E-state index contributed by atoms with van der Waals surface area (Å²) < 4.78 is 24.1. The third kappa shape index (κ3) is 2.98. The number of hydrogen-bond acceptors (Lipinski definition) is 5. The Morgan fingerprint density at radius 3 is 2.80 bits per heavy atom. The second kappa shape index (κ2) is 6.04. The first kappa shape index (κ1) is 14.5. The molecule has 2 unspecified atom stereocenters. The second-order valence-electron chi connectivity index (χ2n) is 4.84. The highest BCUT2D eigenvalue weighted by atomic mass is 19.1. The van der Waals surface area contributed by atoms with E-state index < -0.39 is 10.7 Å². The third-order valence-electron chi connectivity index (χ3n) is 3.47. The highest BCUT2D eigenvalue weighted by molar-refractivity contribution is 5.51. The van der Waals surface area contributed by atoms with E-state index in [-0.39, 0.29) is 29.2 Å². The number of methoxy groups -OCH3 is 1. The molecule has 0 amide bonds. The van der Waals surface area contributed by atoms with E-state index in [1.165, 1.54) is 13.2 Å². The number of nitrogens with zero attached hydrogens (tertiary/aromatic N) is 1. The van der Waals surface area contributed by atoms with Crippen molar-refractivity contribution in [1.82, 2.24) is 5.32 Å². The van der Waals surface area contributed by atoms with E-state index in [9.17, 15) is 14.5 Å². The number of nitro benzene ring substituents is 1. The fraction of sp³-hybridized carbons (Fsp3) is 0.538. The standard InChI is InChI=1S/C13H17FN2O4/c1-8-3-4-15-7-13(8)20-12-6-11(19-2)9(14)5-10(12)16(17)18/h5-6,8,13,15H,3-4,7H2,1-2H3. The van der Waals surface area contributed by atoms with Gasteiger partial charge in [0.05, 0.1) is 18.1 Å². The van der Waals surface area contributed by atoms with Crippen LogP contribution < -0.4 is 14.8 Å². The van der Waals surface area contributed by atoms with Crippen molar-refractivity contribution in [3.8, 4) is 11.5 Å². The van der Waals surface area contributed by atoms with Gasteiger partial charge in [-0.2, -0.15) is 0 Å². The van der Waals surface area contributed by atoms with E-state index in [0.717, 1.165) is 19.0 Å². The number of nitro groups is 1. The van der Waals surface area contributed by atoms with Crippen LogP contribution in [0, 0.1) is 21.8 Å². The minimum Gasteiger partial charge on any atom is -0.494 e. The van der Waals surface area contributed by atoms with E-state index in [1.54, 1.807) is 0 Å². The average molecular weight is 284 g/mol.